The lowest BCUT2D eigenvalue weighted by atomic mass is 10.0. The number of methoxy groups -OCH3 is 1. The molecule has 1 rings (SSSR count). The van der Waals surface area contributed by atoms with E-state index in [1.54, 1.807) is 0 Å². The molecule has 164 valence electrons. The third-order valence-corrected chi connectivity index (χ3v) is 8.51. The number of hydrogen-bond acceptors (Lipinski definition) is 6. The number of thioether (sulfide) groups is 2. The highest BCUT2D eigenvalue weighted by molar-refractivity contribution is 8.19. The highest BCUT2D eigenvalue weighted by Gasteiger charge is 2.30. The van der Waals surface area contributed by atoms with Crippen LogP contribution in [0.25, 0.3) is 0 Å². The van der Waals surface area contributed by atoms with Gasteiger partial charge < -0.3 is 14.9 Å². The van der Waals surface area contributed by atoms with Gasteiger partial charge in [0.05, 0.1) is 23.4 Å². The molecule has 2 atom stereocenters. The van der Waals surface area contributed by atoms with Crippen LogP contribution in [0.5, 0.6) is 0 Å². The fraction of sp³-hybridized carbons (Fsp3) is 0.864. The van der Waals surface area contributed by atoms with Gasteiger partial charge in [-0.2, -0.15) is 0 Å². The maximum Gasteiger partial charge on any atom is 0.305 e. The molecule has 0 aromatic carbocycles. The van der Waals surface area contributed by atoms with Gasteiger partial charge in [-0.25, -0.2) is 0 Å². The van der Waals surface area contributed by atoms with E-state index in [0.717, 1.165) is 38.5 Å². The minimum Gasteiger partial charge on any atom is -0.469 e. The van der Waals surface area contributed by atoms with Gasteiger partial charge in [0.2, 0.25) is 0 Å². The number of unbranched alkanes of at least 4 members (excludes halogenated alkanes) is 6. The second-order valence-corrected chi connectivity index (χ2v) is 10.7. The van der Waals surface area contributed by atoms with E-state index in [-0.39, 0.29) is 10.0 Å². The number of esters is 1. The summed E-state index contributed by atoms with van der Waals surface area (Å²) in [6.45, 7) is 2.23. The number of carbonyl (C=O) groups is 1. The molecule has 2 unspecified atom stereocenters. The molecule has 0 spiro atoms. The smallest absolute Gasteiger partial charge is 0.305 e. The van der Waals surface area contributed by atoms with Crippen molar-refractivity contribution in [2.24, 2.45) is 0 Å². The monoisotopic (exact) mass is 432 g/mol. The molecule has 0 saturated carbocycles. The predicted molar refractivity (Wildman–Crippen MR) is 122 cm³/mol. The van der Waals surface area contributed by atoms with Crippen LogP contribution in [0.3, 0.4) is 0 Å². The van der Waals surface area contributed by atoms with E-state index in [1.807, 2.05) is 29.6 Å². The van der Waals surface area contributed by atoms with E-state index in [9.17, 15) is 15.0 Å². The Morgan fingerprint density at radius 2 is 1.75 bits per heavy atom. The fourth-order valence-electron chi connectivity index (χ4n) is 3.34. The molecule has 1 saturated heterocycles. The molecule has 1 aliphatic heterocycles. The molecule has 0 radical (unpaired) electrons. The Morgan fingerprint density at radius 3 is 2.43 bits per heavy atom. The Kier molecular flexibility index (Phi) is 14.4. The first kappa shape index (κ1) is 25.9. The molecule has 0 bridgehead atoms. The van der Waals surface area contributed by atoms with Crippen molar-refractivity contribution in [1.29, 1.82) is 0 Å². The number of carbonyl (C=O) groups excluding carboxylic acids is 1. The van der Waals surface area contributed by atoms with Crippen molar-refractivity contribution in [2.75, 3.05) is 18.6 Å². The minimum absolute atomic E-state index is 0.0771. The van der Waals surface area contributed by atoms with Gasteiger partial charge in [0, 0.05) is 6.42 Å². The molecular formula is C22H40O4S2. The minimum atomic E-state index is -0.787. The van der Waals surface area contributed by atoms with E-state index in [4.69, 9.17) is 0 Å². The summed E-state index contributed by atoms with van der Waals surface area (Å²) in [5, 5.41) is 20.6. The molecule has 0 amide bonds. The summed E-state index contributed by atoms with van der Waals surface area (Å²) in [4.78, 5) is 11.0. The maximum atomic E-state index is 11.0. The van der Waals surface area contributed by atoms with Crippen LogP contribution >= 0.6 is 23.5 Å². The Morgan fingerprint density at radius 1 is 1.07 bits per heavy atom. The summed E-state index contributed by atoms with van der Waals surface area (Å²) in [5.41, 5.74) is 0. The van der Waals surface area contributed by atoms with Crippen LogP contribution in [0.1, 0.15) is 84.0 Å². The molecule has 1 fully saturated rings. The van der Waals surface area contributed by atoms with E-state index in [2.05, 4.69) is 17.7 Å². The third kappa shape index (κ3) is 11.1. The van der Waals surface area contributed by atoms with Crippen LogP contribution in [0.15, 0.2) is 12.2 Å². The summed E-state index contributed by atoms with van der Waals surface area (Å²) in [5.74, 6) is 2.21. The first-order chi connectivity index (χ1) is 13.5. The zero-order valence-electron chi connectivity index (χ0n) is 17.7. The molecule has 28 heavy (non-hydrogen) atoms. The Labute approximate surface area is 180 Å². The maximum absolute atomic E-state index is 11.0. The van der Waals surface area contributed by atoms with Crippen molar-refractivity contribution in [3.05, 3.63) is 12.2 Å². The zero-order chi connectivity index (χ0) is 20.7. The quantitative estimate of drug-likeness (QED) is 0.207. The normalized spacial score (nSPS) is 18.9. The van der Waals surface area contributed by atoms with Crippen LogP contribution in [0.2, 0.25) is 0 Å². The van der Waals surface area contributed by atoms with E-state index < -0.39 is 12.2 Å². The van der Waals surface area contributed by atoms with Crippen molar-refractivity contribution in [3.63, 3.8) is 0 Å². The van der Waals surface area contributed by atoms with Crippen LogP contribution in [0, 0.1) is 0 Å². The van der Waals surface area contributed by atoms with E-state index in [1.165, 1.54) is 44.3 Å². The second-order valence-electron chi connectivity index (χ2n) is 7.62. The molecule has 2 N–H and O–H groups in total. The third-order valence-electron chi connectivity index (χ3n) is 5.16. The lowest BCUT2D eigenvalue weighted by Crippen LogP contribution is -2.27. The number of rotatable bonds is 15. The number of aliphatic hydroxyl groups excluding tert-OH is 2. The van der Waals surface area contributed by atoms with Gasteiger partial charge >= 0.3 is 5.97 Å². The molecule has 1 aliphatic rings. The van der Waals surface area contributed by atoms with Gasteiger partial charge in [0.25, 0.3) is 0 Å². The Balaban J connectivity index is 2.28. The van der Waals surface area contributed by atoms with Crippen molar-refractivity contribution >= 4 is 29.5 Å². The Hall–Kier alpha value is -0.170. The van der Waals surface area contributed by atoms with Crippen LogP contribution in [-0.4, -0.2) is 51.1 Å². The van der Waals surface area contributed by atoms with Crippen molar-refractivity contribution in [1.82, 2.24) is 0 Å². The fourth-order valence-corrected chi connectivity index (χ4v) is 6.55. The number of ether oxygens (including phenoxy) is 1. The second kappa shape index (κ2) is 15.6. The van der Waals surface area contributed by atoms with E-state index >= 15 is 0 Å². The van der Waals surface area contributed by atoms with Crippen molar-refractivity contribution in [3.8, 4) is 0 Å². The van der Waals surface area contributed by atoms with Crippen LogP contribution in [0.4, 0.5) is 0 Å². The average Bonchev–Trinajstić information content (AvgIpc) is 2.71. The molecular weight excluding hydrogens is 392 g/mol. The zero-order valence-corrected chi connectivity index (χ0v) is 19.4. The first-order valence-corrected chi connectivity index (χ1v) is 12.9. The molecule has 4 nitrogen and oxygen atoms in total. The number of hydrogen-bond donors (Lipinski definition) is 2. The molecule has 0 aliphatic carbocycles. The average molecular weight is 433 g/mol. The molecule has 1 heterocycles. The summed E-state index contributed by atoms with van der Waals surface area (Å²) < 4.78 is 4.70. The highest BCUT2D eigenvalue weighted by atomic mass is 32.2. The van der Waals surface area contributed by atoms with Gasteiger partial charge in [-0.05, 0) is 37.2 Å². The molecule has 6 heteroatoms. The number of aliphatic hydroxyl groups is 2. The van der Waals surface area contributed by atoms with Crippen molar-refractivity contribution < 1.29 is 19.7 Å². The highest BCUT2D eigenvalue weighted by Crippen LogP contribution is 2.47. The summed E-state index contributed by atoms with van der Waals surface area (Å²) in [6, 6.07) is 0. The van der Waals surface area contributed by atoms with E-state index in [0.29, 0.717) is 12.8 Å². The summed E-state index contributed by atoms with van der Waals surface area (Å²) in [6.07, 6.45) is 14.5. The summed E-state index contributed by atoms with van der Waals surface area (Å²) >= 11 is 4.00. The largest absolute Gasteiger partial charge is 0.469 e. The van der Waals surface area contributed by atoms with Crippen molar-refractivity contribution in [2.45, 2.75) is 100 Å². The van der Waals surface area contributed by atoms with Gasteiger partial charge in [0.1, 0.15) is 0 Å². The molecule has 0 aromatic rings. The Bertz CT molecular complexity index is 436. The lowest BCUT2D eigenvalue weighted by molar-refractivity contribution is -0.140. The topological polar surface area (TPSA) is 66.8 Å². The first-order valence-electron chi connectivity index (χ1n) is 10.9. The van der Waals surface area contributed by atoms with Crippen LogP contribution in [-0.2, 0) is 9.53 Å². The predicted octanol–water partition coefficient (Wildman–Crippen LogP) is 5.31. The van der Waals surface area contributed by atoms with Gasteiger partial charge in [0.15, 0.2) is 0 Å². The lowest BCUT2D eigenvalue weighted by Gasteiger charge is -2.34. The summed E-state index contributed by atoms with van der Waals surface area (Å²) in [7, 11) is 1.42. The van der Waals surface area contributed by atoms with Gasteiger partial charge in [-0.1, -0.05) is 64.0 Å². The van der Waals surface area contributed by atoms with Gasteiger partial charge in [-0.15, -0.1) is 23.5 Å². The molecule has 0 aromatic heterocycles. The van der Waals surface area contributed by atoms with Crippen LogP contribution < -0.4 is 0 Å². The standard InChI is InChI=1S/C22H40O4S2/c1-3-4-10-15-22(27-17-11-18-28-22)16-14-20(24)19(23)12-8-6-5-7-9-13-21(25)26-2/h14,16,19-20,23-24H,3-13,15,17-18H2,1-2H3/b16-14+. The SMILES string of the molecule is CCCCCC1(/C=C/C(O)C(O)CCCCCCCC(=O)OC)SCCCS1. The van der Waals surface area contributed by atoms with Gasteiger partial charge in [-0.3, -0.25) is 4.79 Å².